The van der Waals surface area contributed by atoms with E-state index in [0.29, 0.717) is 40.8 Å². The number of aromatic nitrogens is 1. The Balaban J connectivity index is 1.91. The van der Waals surface area contributed by atoms with Crippen molar-refractivity contribution in [2.24, 2.45) is 0 Å². The van der Waals surface area contributed by atoms with E-state index in [2.05, 4.69) is 4.98 Å². The molecule has 0 radical (unpaired) electrons. The number of aliphatic hydroxyl groups excluding tert-OH is 1. The number of ether oxygens (including phenoxy) is 3. The Kier molecular flexibility index (Phi) is 6.49. The maximum Gasteiger partial charge on any atom is 0.300 e. The Labute approximate surface area is 197 Å². The molecule has 0 spiro atoms. The third kappa shape index (κ3) is 4.05. The monoisotopic (exact) mass is 460 g/mol. The smallest absolute Gasteiger partial charge is 0.300 e. The molecule has 8 nitrogen and oxygen atoms in total. The fourth-order valence-electron chi connectivity index (χ4n) is 3.95. The summed E-state index contributed by atoms with van der Waals surface area (Å²) in [4.78, 5) is 32.2. The molecule has 174 valence electrons. The summed E-state index contributed by atoms with van der Waals surface area (Å²) in [7, 11) is 2.97. The van der Waals surface area contributed by atoms with Gasteiger partial charge in [0.1, 0.15) is 17.6 Å². The highest BCUT2D eigenvalue weighted by Gasteiger charge is 2.47. The molecule has 2 aromatic carbocycles. The van der Waals surface area contributed by atoms with Crippen molar-refractivity contribution >= 4 is 23.1 Å². The van der Waals surface area contributed by atoms with Gasteiger partial charge < -0.3 is 19.3 Å². The van der Waals surface area contributed by atoms with Crippen molar-refractivity contribution < 1.29 is 28.9 Å². The summed E-state index contributed by atoms with van der Waals surface area (Å²) in [6, 6.07) is 15.9. The standard InChI is InChI=1S/C26H24N2O6/c1-4-34-18-9-7-8-17(15-18)28-23(19-10-5-6-13-27-19)22(25(30)26(28)31)24(29)16-11-12-20(32-2)21(14-16)33-3/h5-15,23,29H,4H2,1-3H3/b24-22+. The van der Waals surface area contributed by atoms with Crippen LogP contribution in [0.4, 0.5) is 5.69 Å². The van der Waals surface area contributed by atoms with E-state index in [0.717, 1.165) is 0 Å². The average molecular weight is 460 g/mol. The molecule has 0 aliphatic carbocycles. The summed E-state index contributed by atoms with van der Waals surface area (Å²) in [6.45, 7) is 2.31. The van der Waals surface area contributed by atoms with Crippen LogP contribution in [-0.2, 0) is 9.59 Å². The van der Waals surface area contributed by atoms with Gasteiger partial charge in [0.25, 0.3) is 11.7 Å². The lowest BCUT2D eigenvalue weighted by Gasteiger charge is -2.25. The third-order valence-corrected chi connectivity index (χ3v) is 5.48. The number of amides is 1. The first-order valence-corrected chi connectivity index (χ1v) is 10.7. The van der Waals surface area contributed by atoms with Gasteiger partial charge in [0.05, 0.1) is 32.1 Å². The number of rotatable bonds is 7. The molecule has 2 heterocycles. The predicted octanol–water partition coefficient (Wildman–Crippen LogP) is 4.12. The zero-order chi connectivity index (χ0) is 24.2. The molecule has 1 aromatic heterocycles. The number of carbonyl (C=O) groups is 2. The molecule has 4 rings (SSSR count). The molecule has 8 heteroatoms. The molecule has 1 amide bonds. The number of hydrogen-bond acceptors (Lipinski definition) is 7. The highest BCUT2D eigenvalue weighted by Crippen LogP contribution is 2.42. The summed E-state index contributed by atoms with van der Waals surface area (Å²) in [6.07, 6.45) is 1.57. The number of aliphatic hydroxyl groups is 1. The van der Waals surface area contributed by atoms with Crippen LogP contribution in [0.15, 0.2) is 72.4 Å². The molecule has 1 atom stereocenters. The van der Waals surface area contributed by atoms with Crippen molar-refractivity contribution in [1.82, 2.24) is 4.98 Å². The lowest BCUT2D eigenvalue weighted by atomic mass is 9.98. The summed E-state index contributed by atoms with van der Waals surface area (Å²) in [5.41, 5.74) is 1.12. The van der Waals surface area contributed by atoms with Crippen LogP contribution in [-0.4, -0.2) is 42.6 Å². The van der Waals surface area contributed by atoms with Crippen LogP contribution in [0.3, 0.4) is 0 Å². The van der Waals surface area contributed by atoms with E-state index >= 15 is 0 Å². The van der Waals surface area contributed by atoms with Gasteiger partial charge in [0.15, 0.2) is 11.5 Å². The summed E-state index contributed by atoms with van der Waals surface area (Å²) in [5.74, 6) is -0.524. The maximum absolute atomic E-state index is 13.3. The van der Waals surface area contributed by atoms with Crippen molar-refractivity contribution in [2.45, 2.75) is 13.0 Å². The van der Waals surface area contributed by atoms with Gasteiger partial charge in [0, 0.05) is 23.5 Å². The van der Waals surface area contributed by atoms with Crippen molar-refractivity contribution in [1.29, 1.82) is 0 Å². The van der Waals surface area contributed by atoms with Crippen LogP contribution in [0.2, 0.25) is 0 Å². The SMILES string of the molecule is CCOc1cccc(N2C(=O)C(=O)/C(=C(/O)c3ccc(OC)c(OC)c3)C2c2ccccn2)c1. The molecule has 0 saturated carbocycles. The Bertz CT molecular complexity index is 1260. The maximum atomic E-state index is 13.3. The fourth-order valence-corrected chi connectivity index (χ4v) is 3.95. The van der Waals surface area contributed by atoms with Gasteiger partial charge in [-0.1, -0.05) is 12.1 Å². The van der Waals surface area contributed by atoms with Crippen LogP contribution < -0.4 is 19.1 Å². The summed E-state index contributed by atoms with van der Waals surface area (Å²) < 4.78 is 16.2. The van der Waals surface area contributed by atoms with E-state index < -0.39 is 17.7 Å². The minimum absolute atomic E-state index is 0.0715. The van der Waals surface area contributed by atoms with Gasteiger partial charge in [0.2, 0.25) is 0 Å². The first-order valence-electron chi connectivity index (χ1n) is 10.7. The highest BCUT2D eigenvalue weighted by molar-refractivity contribution is 6.51. The topological polar surface area (TPSA) is 98.2 Å². The zero-order valence-electron chi connectivity index (χ0n) is 19.0. The van der Waals surface area contributed by atoms with E-state index in [1.807, 2.05) is 6.92 Å². The number of carbonyl (C=O) groups excluding carboxylic acids is 2. The second-order valence-electron chi connectivity index (χ2n) is 7.42. The molecule has 34 heavy (non-hydrogen) atoms. The predicted molar refractivity (Wildman–Crippen MR) is 126 cm³/mol. The van der Waals surface area contributed by atoms with Gasteiger partial charge in [-0.2, -0.15) is 0 Å². The van der Waals surface area contributed by atoms with Crippen molar-refractivity contribution in [3.63, 3.8) is 0 Å². The lowest BCUT2D eigenvalue weighted by Crippen LogP contribution is -2.29. The molecule has 3 aromatic rings. The Morgan fingerprint density at radius 2 is 1.79 bits per heavy atom. The number of ketones is 1. The number of benzene rings is 2. The highest BCUT2D eigenvalue weighted by atomic mass is 16.5. The summed E-state index contributed by atoms with van der Waals surface area (Å²) >= 11 is 0. The third-order valence-electron chi connectivity index (χ3n) is 5.48. The second kappa shape index (κ2) is 9.66. The van der Waals surface area contributed by atoms with Crippen LogP contribution in [0.1, 0.15) is 24.2 Å². The molecular weight excluding hydrogens is 436 g/mol. The first kappa shape index (κ1) is 22.8. The average Bonchev–Trinajstić information content (AvgIpc) is 3.14. The summed E-state index contributed by atoms with van der Waals surface area (Å²) in [5, 5.41) is 11.3. The Hall–Kier alpha value is -4.33. The molecule has 1 aliphatic heterocycles. The number of nitrogens with zero attached hydrogens (tertiary/aromatic N) is 2. The molecule has 1 saturated heterocycles. The molecule has 0 bridgehead atoms. The molecule has 1 fully saturated rings. The Morgan fingerprint density at radius 3 is 2.47 bits per heavy atom. The minimum atomic E-state index is -0.939. The lowest BCUT2D eigenvalue weighted by molar-refractivity contribution is -0.132. The van der Waals surface area contributed by atoms with Crippen LogP contribution in [0.25, 0.3) is 5.76 Å². The van der Waals surface area contributed by atoms with E-state index in [4.69, 9.17) is 14.2 Å². The van der Waals surface area contributed by atoms with Gasteiger partial charge in [-0.3, -0.25) is 19.5 Å². The van der Waals surface area contributed by atoms with Crippen LogP contribution in [0, 0.1) is 0 Å². The number of pyridine rings is 1. The Morgan fingerprint density at radius 1 is 1.00 bits per heavy atom. The van der Waals surface area contributed by atoms with Crippen molar-refractivity contribution in [3.8, 4) is 17.2 Å². The van der Waals surface area contributed by atoms with Gasteiger partial charge >= 0.3 is 0 Å². The van der Waals surface area contributed by atoms with Gasteiger partial charge in [-0.05, 0) is 49.4 Å². The zero-order valence-corrected chi connectivity index (χ0v) is 19.0. The second-order valence-corrected chi connectivity index (χ2v) is 7.42. The normalized spacial score (nSPS) is 17.0. The largest absolute Gasteiger partial charge is 0.507 e. The minimum Gasteiger partial charge on any atom is -0.507 e. The number of anilines is 1. The van der Waals surface area contributed by atoms with E-state index in [1.54, 1.807) is 66.9 Å². The molecule has 1 N–H and O–H groups in total. The quantitative estimate of drug-likeness (QED) is 0.322. The van der Waals surface area contributed by atoms with Crippen LogP contribution >= 0.6 is 0 Å². The number of methoxy groups -OCH3 is 2. The van der Waals surface area contributed by atoms with Crippen molar-refractivity contribution in [2.75, 3.05) is 25.7 Å². The molecular formula is C26H24N2O6. The molecule has 1 aliphatic rings. The van der Waals surface area contributed by atoms with E-state index in [1.165, 1.54) is 19.1 Å². The van der Waals surface area contributed by atoms with Gasteiger partial charge in [-0.15, -0.1) is 0 Å². The number of hydrogen-bond donors (Lipinski definition) is 1. The van der Waals surface area contributed by atoms with E-state index in [-0.39, 0.29) is 11.3 Å². The van der Waals surface area contributed by atoms with Crippen LogP contribution in [0.5, 0.6) is 17.2 Å². The van der Waals surface area contributed by atoms with Gasteiger partial charge in [-0.25, -0.2) is 0 Å². The first-order chi connectivity index (χ1) is 16.5. The molecule has 1 unspecified atom stereocenters. The van der Waals surface area contributed by atoms with E-state index in [9.17, 15) is 14.7 Å². The van der Waals surface area contributed by atoms with Crippen molar-refractivity contribution in [3.05, 3.63) is 83.7 Å². The fraction of sp³-hybridized carbons (Fsp3) is 0.192. The number of Topliss-reactive ketones (excluding diaryl/α,β-unsaturated/α-hetero) is 1.